The van der Waals surface area contributed by atoms with Crippen LogP contribution in [-0.2, 0) is 0 Å². The van der Waals surface area contributed by atoms with Crippen LogP contribution in [0.3, 0.4) is 0 Å². The zero-order valence-electron chi connectivity index (χ0n) is 7.22. The Labute approximate surface area is 69.0 Å². The summed E-state index contributed by atoms with van der Waals surface area (Å²) in [6.07, 6.45) is 12.6. The maximum Gasteiger partial charge on any atom is -0.0136 e. The number of fused-ring (bicyclic) bond motifs is 2. The van der Waals surface area contributed by atoms with Gasteiger partial charge in [-0.25, -0.2) is 0 Å². The predicted molar refractivity (Wildman–Crippen MR) is 48.3 cm³/mol. The second-order valence-corrected chi connectivity index (χ2v) is 3.78. The van der Waals surface area contributed by atoms with E-state index >= 15 is 0 Å². The van der Waals surface area contributed by atoms with Crippen LogP contribution in [0.1, 0.15) is 32.6 Å². The highest BCUT2D eigenvalue weighted by Gasteiger charge is 2.31. The van der Waals surface area contributed by atoms with E-state index in [1.165, 1.54) is 25.7 Å². The molecule has 0 spiro atoms. The Kier molecular flexibility index (Phi) is 1.85. The zero-order valence-corrected chi connectivity index (χ0v) is 7.22. The molecule has 0 heterocycles. The predicted octanol–water partition coefficient (Wildman–Crippen LogP) is 3.31. The van der Waals surface area contributed by atoms with Crippen molar-refractivity contribution in [3.05, 3.63) is 23.8 Å². The lowest BCUT2D eigenvalue weighted by atomic mass is 9.96. The minimum atomic E-state index is 0.959. The van der Waals surface area contributed by atoms with E-state index in [2.05, 4.69) is 25.2 Å². The lowest BCUT2D eigenvalue weighted by Crippen LogP contribution is -1.95. The maximum atomic E-state index is 2.52. The first-order chi connectivity index (χ1) is 5.40. The Hall–Kier alpha value is -0.520. The molecule has 1 fully saturated rings. The Morgan fingerprint density at radius 3 is 3.00 bits per heavy atom. The fraction of sp³-hybridized carbons (Fsp3) is 0.636. The summed E-state index contributed by atoms with van der Waals surface area (Å²) in [6.45, 7) is 2.10. The standard InChI is InChI=1S/C11H16/c1-2-3-4-10-7-9-5-6-11(10)8-9/h2-3,7,9,11H,4-6,8H2,1H3/b3-2+. The van der Waals surface area contributed by atoms with E-state index in [1.807, 2.05) is 0 Å². The SMILES string of the molecule is C/C=C/CC1=CC2CCC1C2. The fourth-order valence-corrected chi connectivity index (χ4v) is 2.43. The van der Waals surface area contributed by atoms with Crippen molar-refractivity contribution < 1.29 is 0 Å². The van der Waals surface area contributed by atoms with Crippen LogP contribution in [0.15, 0.2) is 23.8 Å². The molecule has 2 aliphatic carbocycles. The zero-order chi connectivity index (χ0) is 7.68. The molecule has 11 heavy (non-hydrogen) atoms. The molecular formula is C11H16. The van der Waals surface area contributed by atoms with Gasteiger partial charge in [-0.1, -0.05) is 23.8 Å². The molecule has 0 heteroatoms. The van der Waals surface area contributed by atoms with Crippen LogP contribution in [0.25, 0.3) is 0 Å². The summed E-state index contributed by atoms with van der Waals surface area (Å²) in [7, 11) is 0. The van der Waals surface area contributed by atoms with Crippen LogP contribution in [-0.4, -0.2) is 0 Å². The molecule has 0 N–H and O–H groups in total. The molecule has 2 rings (SSSR count). The minimum absolute atomic E-state index is 0.959. The Morgan fingerprint density at radius 2 is 2.45 bits per heavy atom. The summed E-state index contributed by atoms with van der Waals surface area (Å²) in [5, 5.41) is 0. The van der Waals surface area contributed by atoms with E-state index in [0.717, 1.165) is 11.8 Å². The molecule has 60 valence electrons. The third-order valence-corrected chi connectivity index (χ3v) is 3.04. The summed E-state index contributed by atoms with van der Waals surface area (Å²) >= 11 is 0. The summed E-state index contributed by atoms with van der Waals surface area (Å²) in [5.41, 5.74) is 1.72. The Balaban J connectivity index is 2.00. The summed E-state index contributed by atoms with van der Waals surface area (Å²) in [4.78, 5) is 0. The van der Waals surface area contributed by atoms with E-state index in [0.29, 0.717) is 0 Å². The van der Waals surface area contributed by atoms with E-state index in [1.54, 1.807) is 5.57 Å². The molecule has 2 atom stereocenters. The van der Waals surface area contributed by atoms with Gasteiger partial charge in [0.25, 0.3) is 0 Å². The van der Waals surface area contributed by atoms with Crippen molar-refractivity contribution >= 4 is 0 Å². The molecule has 0 aliphatic heterocycles. The molecule has 2 aliphatic rings. The van der Waals surface area contributed by atoms with Crippen LogP contribution >= 0.6 is 0 Å². The van der Waals surface area contributed by atoms with Gasteiger partial charge >= 0.3 is 0 Å². The van der Waals surface area contributed by atoms with Gasteiger partial charge < -0.3 is 0 Å². The quantitative estimate of drug-likeness (QED) is 0.527. The van der Waals surface area contributed by atoms with Gasteiger partial charge in [0, 0.05) is 0 Å². The molecule has 0 aromatic carbocycles. The molecule has 0 aromatic heterocycles. The van der Waals surface area contributed by atoms with Crippen molar-refractivity contribution in [2.45, 2.75) is 32.6 Å². The van der Waals surface area contributed by atoms with Crippen molar-refractivity contribution in [2.75, 3.05) is 0 Å². The summed E-state index contributed by atoms with van der Waals surface area (Å²) < 4.78 is 0. The fourth-order valence-electron chi connectivity index (χ4n) is 2.43. The molecule has 1 saturated carbocycles. The average molecular weight is 148 g/mol. The molecule has 0 amide bonds. The van der Waals surface area contributed by atoms with E-state index in [9.17, 15) is 0 Å². The lowest BCUT2D eigenvalue weighted by Gasteiger charge is -2.10. The molecule has 0 saturated heterocycles. The van der Waals surface area contributed by atoms with Crippen LogP contribution in [0, 0.1) is 11.8 Å². The van der Waals surface area contributed by atoms with Crippen molar-refractivity contribution in [2.24, 2.45) is 11.8 Å². The van der Waals surface area contributed by atoms with Crippen molar-refractivity contribution in [3.63, 3.8) is 0 Å². The van der Waals surface area contributed by atoms with E-state index in [-0.39, 0.29) is 0 Å². The number of rotatable bonds is 2. The monoisotopic (exact) mass is 148 g/mol. The van der Waals surface area contributed by atoms with Gasteiger partial charge in [0.05, 0.1) is 0 Å². The van der Waals surface area contributed by atoms with E-state index in [4.69, 9.17) is 0 Å². The van der Waals surface area contributed by atoms with Gasteiger partial charge in [-0.15, -0.1) is 0 Å². The number of hydrogen-bond donors (Lipinski definition) is 0. The third-order valence-electron chi connectivity index (χ3n) is 3.04. The van der Waals surface area contributed by atoms with Gasteiger partial charge in [-0.05, 0) is 44.4 Å². The molecule has 2 unspecified atom stereocenters. The molecule has 2 bridgehead atoms. The summed E-state index contributed by atoms with van der Waals surface area (Å²) in [6, 6.07) is 0. The van der Waals surface area contributed by atoms with Crippen LogP contribution < -0.4 is 0 Å². The second-order valence-electron chi connectivity index (χ2n) is 3.78. The van der Waals surface area contributed by atoms with Crippen LogP contribution in [0.5, 0.6) is 0 Å². The number of hydrogen-bond acceptors (Lipinski definition) is 0. The normalized spacial score (nSPS) is 35.2. The van der Waals surface area contributed by atoms with E-state index < -0.39 is 0 Å². The number of allylic oxidation sites excluding steroid dienone is 4. The smallest absolute Gasteiger partial charge is 0.0136 e. The second kappa shape index (κ2) is 2.84. The Morgan fingerprint density at radius 1 is 1.55 bits per heavy atom. The average Bonchev–Trinajstić information content (AvgIpc) is 2.60. The lowest BCUT2D eigenvalue weighted by molar-refractivity contribution is 0.644. The van der Waals surface area contributed by atoms with Gasteiger partial charge in [0.15, 0.2) is 0 Å². The third kappa shape index (κ3) is 1.26. The molecule has 0 radical (unpaired) electrons. The molecule has 0 nitrogen and oxygen atoms in total. The highest BCUT2D eigenvalue weighted by atomic mass is 14.4. The first-order valence-corrected chi connectivity index (χ1v) is 4.72. The van der Waals surface area contributed by atoms with Gasteiger partial charge in [-0.2, -0.15) is 0 Å². The summed E-state index contributed by atoms with van der Waals surface area (Å²) in [5.74, 6) is 1.93. The maximum absolute atomic E-state index is 2.52. The van der Waals surface area contributed by atoms with Crippen LogP contribution in [0.2, 0.25) is 0 Å². The highest BCUT2D eigenvalue weighted by Crippen LogP contribution is 2.44. The van der Waals surface area contributed by atoms with Crippen molar-refractivity contribution in [3.8, 4) is 0 Å². The highest BCUT2D eigenvalue weighted by molar-refractivity contribution is 5.21. The van der Waals surface area contributed by atoms with Gasteiger partial charge in [0.2, 0.25) is 0 Å². The van der Waals surface area contributed by atoms with Crippen molar-refractivity contribution in [1.82, 2.24) is 0 Å². The van der Waals surface area contributed by atoms with Gasteiger partial charge in [0.1, 0.15) is 0 Å². The molecular weight excluding hydrogens is 132 g/mol. The largest absolute Gasteiger partial charge is 0.0913 e. The first kappa shape index (κ1) is 7.15. The Bertz CT molecular complexity index is 198. The minimum Gasteiger partial charge on any atom is -0.0913 e. The van der Waals surface area contributed by atoms with Gasteiger partial charge in [-0.3, -0.25) is 0 Å². The van der Waals surface area contributed by atoms with Crippen molar-refractivity contribution in [1.29, 1.82) is 0 Å². The topological polar surface area (TPSA) is 0 Å². The van der Waals surface area contributed by atoms with Crippen LogP contribution in [0.4, 0.5) is 0 Å². The first-order valence-electron chi connectivity index (χ1n) is 4.72. The molecule has 0 aromatic rings.